The van der Waals surface area contributed by atoms with Crippen LogP contribution in [0.15, 0.2) is 103 Å². The van der Waals surface area contributed by atoms with E-state index in [4.69, 9.17) is 4.98 Å². The number of hydrogen-bond donors (Lipinski definition) is 0. The molecule has 4 aromatic carbocycles. The molecular weight excluding hydrogens is 412 g/mol. The Morgan fingerprint density at radius 2 is 1.52 bits per heavy atom. The Labute approximate surface area is 190 Å². The van der Waals surface area contributed by atoms with E-state index in [0.717, 1.165) is 33.7 Å². The number of aromatic nitrogens is 2. The van der Waals surface area contributed by atoms with Crippen molar-refractivity contribution in [3.05, 3.63) is 124 Å². The Morgan fingerprint density at radius 1 is 0.818 bits per heavy atom. The molecule has 0 bridgehead atoms. The average Bonchev–Trinajstić information content (AvgIpc) is 3.25. The molecule has 6 heteroatoms. The van der Waals surface area contributed by atoms with Crippen molar-refractivity contribution >= 4 is 22.4 Å². The van der Waals surface area contributed by atoms with E-state index in [-0.39, 0.29) is 16.8 Å². The van der Waals surface area contributed by atoms with Gasteiger partial charge in [-0.3, -0.25) is 14.7 Å². The van der Waals surface area contributed by atoms with Gasteiger partial charge < -0.3 is 4.90 Å². The third-order valence-electron chi connectivity index (χ3n) is 6.19. The predicted molar refractivity (Wildman–Crippen MR) is 129 cm³/mol. The zero-order chi connectivity index (χ0) is 22.4. The first-order valence-corrected chi connectivity index (χ1v) is 10.8. The van der Waals surface area contributed by atoms with E-state index >= 15 is 0 Å². The van der Waals surface area contributed by atoms with Gasteiger partial charge >= 0.3 is 0 Å². The van der Waals surface area contributed by atoms with Gasteiger partial charge in [0.25, 0.3) is 5.69 Å². The lowest BCUT2D eigenvalue weighted by Crippen LogP contribution is -2.36. The minimum absolute atomic E-state index is 0.0836. The van der Waals surface area contributed by atoms with E-state index in [1.54, 1.807) is 12.1 Å². The fraction of sp³-hybridized carbons (Fsp3) is 0.0741. The van der Waals surface area contributed by atoms with Crippen LogP contribution in [0.2, 0.25) is 0 Å². The van der Waals surface area contributed by atoms with Gasteiger partial charge in [0.05, 0.1) is 16.0 Å². The second kappa shape index (κ2) is 7.60. The SMILES string of the molecule is O=[N+]([O-])c1ccc([C@H]2N(Cc3ccccc3)c3ccccc3-c3nc4ccccc4n32)cc1. The second-order valence-corrected chi connectivity index (χ2v) is 8.15. The second-order valence-electron chi connectivity index (χ2n) is 8.15. The number of hydrogen-bond acceptors (Lipinski definition) is 4. The largest absolute Gasteiger partial charge is 0.342 e. The van der Waals surface area contributed by atoms with Gasteiger partial charge in [-0.25, -0.2) is 4.98 Å². The van der Waals surface area contributed by atoms with E-state index in [9.17, 15) is 10.1 Å². The number of nitrogens with zero attached hydrogens (tertiary/aromatic N) is 4. The lowest BCUT2D eigenvalue weighted by atomic mass is 10.0. The predicted octanol–water partition coefficient (Wildman–Crippen LogP) is 6.18. The Bertz CT molecular complexity index is 1480. The summed E-state index contributed by atoms with van der Waals surface area (Å²) in [5.41, 5.74) is 6.36. The summed E-state index contributed by atoms with van der Waals surface area (Å²) < 4.78 is 2.25. The van der Waals surface area contributed by atoms with Gasteiger partial charge in [-0.2, -0.15) is 0 Å². The summed E-state index contributed by atoms with van der Waals surface area (Å²) in [7, 11) is 0. The summed E-state index contributed by atoms with van der Waals surface area (Å²) >= 11 is 0. The van der Waals surface area contributed by atoms with Crippen molar-refractivity contribution in [2.75, 3.05) is 4.90 Å². The van der Waals surface area contributed by atoms with Crippen LogP contribution in [0.4, 0.5) is 11.4 Å². The lowest BCUT2D eigenvalue weighted by molar-refractivity contribution is -0.384. The highest BCUT2D eigenvalue weighted by Crippen LogP contribution is 2.45. The van der Waals surface area contributed by atoms with E-state index in [1.807, 2.05) is 60.7 Å². The summed E-state index contributed by atoms with van der Waals surface area (Å²) in [6.07, 6.45) is -0.205. The number of anilines is 1. The van der Waals surface area contributed by atoms with Gasteiger partial charge in [0.1, 0.15) is 12.0 Å². The average molecular weight is 432 g/mol. The van der Waals surface area contributed by atoms with E-state index in [0.29, 0.717) is 6.54 Å². The maximum absolute atomic E-state index is 11.3. The molecule has 6 nitrogen and oxygen atoms in total. The molecule has 0 fully saturated rings. The minimum Gasteiger partial charge on any atom is -0.342 e. The number of benzene rings is 4. The van der Waals surface area contributed by atoms with Crippen LogP contribution in [0.25, 0.3) is 22.4 Å². The van der Waals surface area contributed by atoms with Crippen molar-refractivity contribution in [1.29, 1.82) is 0 Å². The monoisotopic (exact) mass is 432 g/mol. The number of nitro groups is 1. The fourth-order valence-corrected chi connectivity index (χ4v) is 4.72. The number of nitro benzene ring substituents is 1. The fourth-order valence-electron chi connectivity index (χ4n) is 4.72. The maximum Gasteiger partial charge on any atom is 0.269 e. The topological polar surface area (TPSA) is 64.2 Å². The number of non-ortho nitro benzene ring substituents is 1. The molecule has 1 aliphatic rings. The highest BCUT2D eigenvalue weighted by molar-refractivity contribution is 5.87. The maximum atomic E-state index is 11.3. The molecule has 0 saturated heterocycles. The van der Waals surface area contributed by atoms with Gasteiger partial charge in [0.15, 0.2) is 0 Å². The van der Waals surface area contributed by atoms with Crippen molar-refractivity contribution in [3.8, 4) is 11.4 Å². The first-order valence-electron chi connectivity index (χ1n) is 10.8. The van der Waals surface area contributed by atoms with Crippen molar-refractivity contribution in [2.24, 2.45) is 0 Å². The van der Waals surface area contributed by atoms with Gasteiger partial charge in [0, 0.05) is 29.9 Å². The number of rotatable bonds is 4. The molecule has 5 aromatic rings. The first kappa shape index (κ1) is 19.3. The normalized spacial score (nSPS) is 14.7. The zero-order valence-electron chi connectivity index (χ0n) is 17.7. The van der Waals surface area contributed by atoms with Gasteiger partial charge in [-0.1, -0.05) is 54.6 Å². The van der Waals surface area contributed by atoms with Crippen molar-refractivity contribution in [3.63, 3.8) is 0 Å². The number of imidazole rings is 1. The molecular formula is C27H20N4O2. The number of fused-ring (bicyclic) bond motifs is 5. The Morgan fingerprint density at radius 3 is 2.30 bits per heavy atom. The molecule has 160 valence electrons. The van der Waals surface area contributed by atoms with Crippen LogP contribution in [0.5, 0.6) is 0 Å². The highest BCUT2D eigenvalue weighted by Gasteiger charge is 2.34. The molecule has 1 atom stereocenters. The van der Waals surface area contributed by atoms with Crippen LogP contribution >= 0.6 is 0 Å². The molecule has 0 saturated carbocycles. The standard InChI is InChI=1S/C27H20N4O2/c32-31(33)21-16-14-20(15-17-21)27-29(18-19-8-2-1-3-9-19)24-12-6-4-10-22(24)26-28-23-11-5-7-13-25(23)30(26)27/h1-17,27H,18H2/t27-/m0/s1. The Hall–Kier alpha value is -4.45. The lowest BCUT2D eigenvalue weighted by Gasteiger charge is -2.40. The molecule has 1 aromatic heterocycles. The molecule has 0 spiro atoms. The third-order valence-corrected chi connectivity index (χ3v) is 6.19. The Kier molecular flexibility index (Phi) is 4.43. The third kappa shape index (κ3) is 3.15. The van der Waals surface area contributed by atoms with Crippen LogP contribution in [0.3, 0.4) is 0 Å². The smallest absolute Gasteiger partial charge is 0.269 e. The van der Waals surface area contributed by atoms with E-state index in [1.165, 1.54) is 5.56 Å². The minimum atomic E-state index is -0.361. The molecule has 6 rings (SSSR count). The summed E-state index contributed by atoms with van der Waals surface area (Å²) in [5, 5.41) is 11.3. The van der Waals surface area contributed by atoms with Crippen molar-refractivity contribution < 1.29 is 4.92 Å². The Balaban J connectivity index is 1.61. The molecule has 1 aliphatic heterocycles. The first-order chi connectivity index (χ1) is 16.2. The number of para-hydroxylation sites is 3. The van der Waals surface area contributed by atoms with E-state index in [2.05, 4.69) is 39.8 Å². The van der Waals surface area contributed by atoms with Gasteiger partial charge in [0.2, 0.25) is 0 Å². The molecule has 0 N–H and O–H groups in total. The molecule has 0 radical (unpaired) electrons. The highest BCUT2D eigenvalue weighted by atomic mass is 16.6. The summed E-state index contributed by atoms with van der Waals surface area (Å²) in [6, 6.07) is 33.7. The van der Waals surface area contributed by atoms with Gasteiger partial charge in [-0.15, -0.1) is 0 Å². The van der Waals surface area contributed by atoms with Crippen molar-refractivity contribution in [2.45, 2.75) is 12.7 Å². The van der Waals surface area contributed by atoms with E-state index < -0.39 is 0 Å². The molecule has 2 heterocycles. The van der Waals surface area contributed by atoms with Crippen LogP contribution in [0, 0.1) is 10.1 Å². The van der Waals surface area contributed by atoms with Crippen LogP contribution < -0.4 is 4.90 Å². The van der Waals surface area contributed by atoms with Crippen LogP contribution in [0.1, 0.15) is 17.3 Å². The summed E-state index contributed by atoms with van der Waals surface area (Å²) in [4.78, 5) is 18.2. The molecule has 0 amide bonds. The summed E-state index contributed by atoms with van der Waals surface area (Å²) in [6.45, 7) is 0.686. The van der Waals surface area contributed by atoms with Crippen molar-refractivity contribution in [1.82, 2.24) is 9.55 Å². The summed E-state index contributed by atoms with van der Waals surface area (Å²) in [5.74, 6) is 0.902. The van der Waals surface area contributed by atoms with Crippen LogP contribution in [-0.4, -0.2) is 14.5 Å². The molecule has 0 aliphatic carbocycles. The van der Waals surface area contributed by atoms with Gasteiger partial charge in [-0.05, 0) is 47.5 Å². The molecule has 33 heavy (non-hydrogen) atoms. The zero-order valence-corrected chi connectivity index (χ0v) is 17.7. The quantitative estimate of drug-likeness (QED) is 0.251. The van der Waals surface area contributed by atoms with Crippen LogP contribution in [-0.2, 0) is 6.54 Å². The molecule has 0 unspecified atom stereocenters.